The van der Waals surface area contributed by atoms with Gasteiger partial charge >= 0.3 is 12.1 Å². The largest absolute Gasteiger partial charge is 0.481 e. The first-order valence-corrected chi connectivity index (χ1v) is 11.9. The minimum absolute atomic E-state index is 0.0353. The van der Waals surface area contributed by atoms with Crippen LogP contribution in [0.25, 0.3) is 11.1 Å². The number of amides is 2. The van der Waals surface area contributed by atoms with Gasteiger partial charge in [-0.15, -0.1) is 0 Å². The summed E-state index contributed by atoms with van der Waals surface area (Å²) in [6.07, 6.45) is -0.642. The van der Waals surface area contributed by atoms with Gasteiger partial charge in [0.2, 0.25) is 0 Å². The number of halogens is 1. The second-order valence-corrected chi connectivity index (χ2v) is 9.87. The van der Waals surface area contributed by atoms with E-state index in [1.165, 1.54) is 19.9 Å². The monoisotopic (exact) mass is 536 g/mol. The van der Waals surface area contributed by atoms with Gasteiger partial charge in [0.15, 0.2) is 0 Å². The summed E-state index contributed by atoms with van der Waals surface area (Å²) in [5.74, 6) is -1.51. The van der Waals surface area contributed by atoms with Crippen LogP contribution in [0.4, 0.5) is 10.5 Å². The fraction of sp³-hybridized carbons (Fsp3) is 0.222. The Labute approximate surface area is 211 Å². The predicted molar refractivity (Wildman–Crippen MR) is 137 cm³/mol. The van der Waals surface area contributed by atoms with E-state index in [1.807, 2.05) is 36.4 Å². The van der Waals surface area contributed by atoms with Gasteiger partial charge in [0.25, 0.3) is 5.91 Å². The molecule has 180 valence electrons. The molecule has 0 saturated carbocycles. The van der Waals surface area contributed by atoms with Gasteiger partial charge in [-0.3, -0.25) is 14.9 Å². The third-order valence-corrected chi connectivity index (χ3v) is 6.77. The number of anilines is 1. The molecule has 3 aromatic rings. The van der Waals surface area contributed by atoms with Crippen molar-refractivity contribution in [3.8, 4) is 11.1 Å². The molecule has 0 atom stereocenters. The number of fused-ring (bicyclic) bond motifs is 3. The van der Waals surface area contributed by atoms with E-state index in [0.29, 0.717) is 10.2 Å². The molecule has 0 spiro atoms. The van der Waals surface area contributed by atoms with Crippen molar-refractivity contribution < 1.29 is 24.2 Å². The van der Waals surface area contributed by atoms with Crippen LogP contribution in [0.2, 0.25) is 0 Å². The molecule has 1 aliphatic rings. The molecule has 0 radical (unpaired) electrons. The van der Waals surface area contributed by atoms with Crippen LogP contribution in [0.15, 0.2) is 71.2 Å². The summed E-state index contributed by atoms with van der Waals surface area (Å²) in [5.41, 5.74) is 4.06. The Balaban J connectivity index is 1.42. The minimum Gasteiger partial charge on any atom is -0.481 e. The lowest BCUT2D eigenvalue weighted by molar-refractivity contribution is -0.146. The smallest absolute Gasteiger partial charge is 0.411 e. The van der Waals surface area contributed by atoms with Crippen molar-refractivity contribution in [2.45, 2.75) is 19.8 Å². The van der Waals surface area contributed by atoms with Gasteiger partial charge in [0.05, 0.1) is 11.1 Å². The molecule has 35 heavy (non-hydrogen) atoms. The normalized spacial score (nSPS) is 12.4. The number of rotatable bonds is 7. The highest BCUT2D eigenvalue weighted by Crippen LogP contribution is 2.44. The van der Waals surface area contributed by atoms with Crippen LogP contribution in [0, 0.1) is 5.41 Å². The molecule has 2 amide bonds. The number of hydrogen-bond acceptors (Lipinski definition) is 4. The highest BCUT2D eigenvalue weighted by molar-refractivity contribution is 9.10. The topological polar surface area (TPSA) is 105 Å². The van der Waals surface area contributed by atoms with Gasteiger partial charge in [-0.25, -0.2) is 4.79 Å². The second-order valence-electron chi connectivity index (χ2n) is 9.02. The minimum atomic E-state index is -1.10. The molecule has 0 aromatic heterocycles. The van der Waals surface area contributed by atoms with Gasteiger partial charge in [-0.05, 0) is 70.2 Å². The highest BCUT2D eigenvalue weighted by Gasteiger charge is 2.29. The molecule has 0 bridgehead atoms. The Morgan fingerprint density at radius 2 is 1.57 bits per heavy atom. The van der Waals surface area contributed by atoms with Crippen LogP contribution < -0.4 is 10.6 Å². The number of carboxylic acids is 1. The lowest BCUT2D eigenvalue weighted by Gasteiger charge is -2.19. The third kappa shape index (κ3) is 5.22. The quantitative estimate of drug-likeness (QED) is 0.361. The number of hydrogen-bond donors (Lipinski definition) is 3. The molecule has 1 aliphatic carbocycles. The molecule has 0 fully saturated rings. The number of carbonyl (C=O) groups excluding carboxylic acids is 2. The van der Waals surface area contributed by atoms with Gasteiger partial charge in [0.1, 0.15) is 6.61 Å². The Kier molecular flexibility index (Phi) is 6.93. The van der Waals surface area contributed by atoms with Crippen LogP contribution in [0.3, 0.4) is 0 Å². The molecule has 3 N–H and O–H groups in total. The van der Waals surface area contributed by atoms with Crippen molar-refractivity contribution in [1.82, 2.24) is 5.32 Å². The summed E-state index contributed by atoms with van der Waals surface area (Å²) in [7, 11) is 0. The molecule has 0 aliphatic heterocycles. The molecular weight excluding hydrogens is 512 g/mol. The second kappa shape index (κ2) is 9.92. The summed E-state index contributed by atoms with van der Waals surface area (Å²) >= 11 is 3.38. The molecule has 0 heterocycles. The number of aliphatic carboxylic acids is 1. The van der Waals surface area contributed by atoms with E-state index in [9.17, 15) is 19.5 Å². The lowest BCUT2D eigenvalue weighted by Crippen LogP contribution is -2.38. The standard InChI is InChI=1S/C27H25BrN2O5/c1-27(2,25(32)33)15-29-24(31)16-11-12-22(28)23(13-16)30-26(34)35-14-21-19-9-5-3-7-17(19)18-8-4-6-10-20(18)21/h3-13,21H,14-15H2,1-2H3,(H,29,31)(H,30,34)(H,32,33). The van der Waals surface area contributed by atoms with Crippen LogP contribution in [0.5, 0.6) is 0 Å². The lowest BCUT2D eigenvalue weighted by atomic mass is 9.94. The number of carboxylic acid groups (broad SMARTS) is 1. The van der Waals surface area contributed by atoms with Crippen molar-refractivity contribution in [2.75, 3.05) is 18.5 Å². The van der Waals surface area contributed by atoms with E-state index < -0.39 is 23.4 Å². The Bertz CT molecular complexity index is 1260. The number of carbonyl (C=O) groups is 3. The SMILES string of the molecule is CC(C)(CNC(=O)c1ccc(Br)c(NC(=O)OCC2c3ccccc3-c3ccccc32)c1)C(=O)O. The fourth-order valence-corrected chi connectivity index (χ4v) is 4.33. The van der Waals surface area contributed by atoms with Crippen molar-refractivity contribution in [3.05, 3.63) is 87.9 Å². The van der Waals surface area contributed by atoms with Crippen LogP contribution >= 0.6 is 15.9 Å². The van der Waals surface area contributed by atoms with Crippen LogP contribution in [0.1, 0.15) is 41.3 Å². The van der Waals surface area contributed by atoms with E-state index in [1.54, 1.807) is 12.1 Å². The van der Waals surface area contributed by atoms with E-state index in [-0.39, 0.29) is 24.6 Å². The third-order valence-electron chi connectivity index (χ3n) is 6.08. The zero-order chi connectivity index (χ0) is 25.2. The van der Waals surface area contributed by atoms with Gasteiger partial charge in [-0.2, -0.15) is 0 Å². The van der Waals surface area contributed by atoms with Crippen molar-refractivity contribution in [3.63, 3.8) is 0 Å². The van der Waals surface area contributed by atoms with Gasteiger partial charge < -0.3 is 15.2 Å². The molecule has 4 rings (SSSR count). The first kappa shape index (κ1) is 24.5. The predicted octanol–water partition coefficient (Wildman–Crippen LogP) is 5.65. The van der Waals surface area contributed by atoms with E-state index in [2.05, 4.69) is 38.7 Å². The van der Waals surface area contributed by atoms with E-state index in [0.717, 1.165) is 22.3 Å². The number of benzene rings is 3. The van der Waals surface area contributed by atoms with Crippen LogP contribution in [-0.2, 0) is 9.53 Å². The van der Waals surface area contributed by atoms with Crippen molar-refractivity contribution >= 4 is 39.6 Å². The van der Waals surface area contributed by atoms with E-state index in [4.69, 9.17) is 4.74 Å². The maximum absolute atomic E-state index is 12.6. The number of ether oxygens (including phenoxy) is 1. The first-order chi connectivity index (χ1) is 16.7. The summed E-state index contributed by atoms with van der Waals surface area (Å²) in [6.45, 7) is 3.19. The summed E-state index contributed by atoms with van der Waals surface area (Å²) in [4.78, 5) is 36.4. The zero-order valence-electron chi connectivity index (χ0n) is 19.3. The Morgan fingerprint density at radius 1 is 0.971 bits per heavy atom. The van der Waals surface area contributed by atoms with Gasteiger partial charge in [-0.1, -0.05) is 48.5 Å². The molecule has 3 aromatic carbocycles. The average molecular weight is 537 g/mol. The maximum Gasteiger partial charge on any atom is 0.411 e. The Morgan fingerprint density at radius 3 is 2.17 bits per heavy atom. The number of nitrogens with one attached hydrogen (secondary N) is 2. The first-order valence-electron chi connectivity index (χ1n) is 11.1. The van der Waals surface area contributed by atoms with Crippen molar-refractivity contribution in [2.24, 2.45) is 5.41 Å². The van der Waals surface area contributed by atoms with Crippen LogP contribution in [-0.4, -0.2) is 36.2 Å². The summed E-state index contributed by atoms with van der Waals surface area (Å²) in [6, 6.07) is 20.9. The van der Waals surface area contributed by atoms with Gasteiger partial charge in [0, 0.05) is 22.5 Å². The molecular formula is C27H25BrN2O5. The van der Waals surface area contributed by atoms with E-state index >= 15 is 0 Å². The maximum atomic E-state index is 12.6. The molecule has 0 unspecified atom stereocenters. The molecule has 8 heteroatoms. The average Bonchev–Trinajstić information content (AvgIpc) is 3.16. The zero-order valence-corrected chi connectivity index (χ0v) is 20.9. The summed E-state index contributed by atoms with van der Waals surface area (Å²) in [5, 5.41) is 14.5. The molecule has 0 saturated heterocycles. The van der Waals surface area contributed by atoms with Crippen molar-refractivity contribution in [1.29, 1.82) is 0 Å². The fourth-order valence-electron chi connectivity index (χ4n) is 3.99. The summed E-state index contributed by atoms with van der Waals surface area (Å²) < 4.78 is 6.16. The Hall–Kier alpha value is -3.65. The highest BCUT2D eigenvalue weighted by atomic mass is 79.9. The molecule has 7 nitrogen and oxygen atoms in total.